The van der Waals surface area contributed by atoms with Gasteiger partial charge in [0.05, 0.1) is 33.8 Å². The van der Waals surface area contributed by atoms with E-state index in [2.05, 4.69) is 120 Å². The van der Waals surface area contributed by atoms with E-state index in [0.29, 0.717) is 5.82 Å². The van der Waals surface area contributed by atoms with Crippen molar-refractivity contribution in [3.63, 3.8) is 0 Å². The fourth-order valence-corrected chi connectivity index (χ4v) is 6.65. The number of hydrogen-bond donors (Lipinski definition) is 0. The molecule has 0 atom stereocenters. The molecule has 9 rings (SSSR count). The van der Waals surface area contributed by atoms with E-state index in [4.69, 9.17) is 19.9 Å². The Bertz CT molecular complexity index is 2630. The summed E-state index contributed by atoms with van der Waals surface area (Å²) in [6.07, 6.45) is 1.79. The highest BCUT2D eigenvalue weighted by Crippen LogP contribution is 2.36. The summed E-state index contributed by atoms with van der Waals surface area (Å²) in [5, 5.41) is 2.16. The fourth-order valence-electron chi connectivity index (χ4n) is 6.65. The Hall–Kier alpha value is -6.85. The maximum absolute atomic E-state index is 5.29. The smallest absolute Gasteiger partial charge is 0.160 e. The average molecular weight is 654 g/mol. The molecule has 0 radical (unpaired) electrons. The highest BCUT2D eigenvalue weighted by Gasteiger charge is 2.15. The summed E-state index contributed by atoms with van der Waals surface area (Å²) in [4.78, 5) is 24.9. The number of pyridine rings is 3. The van der Waals surface area contributed by atoms with Gasteiger partial charge in [-0.25, -0.2) is 15.0 Å². The van der Waals surface area contributed by atoms with Crippen LogP contribution in [0.5, 0.6) is 0 Å². The predicted molar refractivity (Wildman–Crippen MR) is 208 cm³/mol. The predicted octanol–water partition coefficient (Wildman–Crippen LogP) is 11.3. The molecule has 0 saturated carbocycles. The second kappa shape index (κ2) is 12.9. The summed E-state index contributed by atoms with van der Waals surface area (Å²) < 4.78 is 0. The largest absolute Gasteiger partial charge is 0.255 e. The summed E-state index contributed by atoms with van der Waals surface area (Å²) in [7, 11) is 0. The number of aryl methyl sites for hydroxylation is 1. The van der Waals surface area contributed by atoms with E-state index in [0.717, 1.165) is 89.2 Å². The van der Waals surface area contributed by atoms with Crippen LogP contribution in [0.2, 0.25) is 0 Å². The van der Waals surface area contributed by atoms with Crippen molar-refractivity contribution in [1.29, 1.82) is 0 Å². The van der Waals surface area contributed by atoms with Crippen molar-refractivity contribution in [2.24, 2.45) is 0 Å². The van der Waals surface area contributed by atoms with Crippen molar-refractivity contribution in [3.8, 4) is 67.5 Å². The lowest BCUT2D eigenvalue weighted by Crippen LogP contribution is -1.97. The summed E-state index contributed by atoms with van der Waals surface area (Å²) >= 11 is 0. The van der Waals surface area contributed by atoms with Gasteiger partial charge in [0.25, 0.3) is 0 Å². The summed E-state index contributed by atoms with van der Waals surface area (Å²) in [6, 6.07) is 56.3. The molecule has 0 unspecified atom stereocenters. The van der Waals surface area contributed by atoms with Crippen LogP contribution in [0.25, 0.3) is 89.4 Å². The second-order valence-electron chi connectivity index (χ2n) is 12.6. The lowest BCUT2D eigenvalue weighted by Gasteiger charge is -2.13. The van der Waals surface area contributed by atoms with Crippen LogP contribution in [0.15, 0.2) is 170 Å². The number of fused-ring (bicyclic) bond motifs is 3. The lowest BCUT2D eigenvalue weighted by atomic mass is 9.95. The Kier molecular flexibility index (Phi) is 7.63. The van der Waals surface area contributed by atoms with E-state index in [1.54, 1.807) is 6.20 Å². The first-order chi connectivity index (χ1) is 25.2. The summed E-state index contributed by atoms with van der Waals surface area (Å²) in [6.45, 7) is 2.03. The van der Waals surface area contributed by atoms with Crippen molar-refractivity contribution in [2.75, 3.05) is 0 Å². The standard InChI is InChI=1S/C46H31N5/c1-30-21-22-33-23-24-38-39(31-12-4-2-5-13-31)28-41(49-45(38)44(33)48-30)36-18-10-16-34(26-36)35-17-11-19-37(27-35)46-50-42(32-14-6-3-7-15-32)29-43(51-46)40-20-8-9-25-47-40/h2-29H,1H3. The van der Waals surface area contributed by atoms with Gasteiger partial charge >= 0.3 is 0 Å². The Labute approximate surface area is 296 Å². The van der Waals surface area contributed by atoms with Gasteiger partial charge in [-0.1, -0.05) is 121 Å². The van der Waals surface area contributed by atoms with Crippen molar-refractivity contribution in [2.45, 2.75) is 6.92 Å². The van der Waals surface area contributed by atoms with Gasteiger partial charge in [-0.2, -0.15) is 0 Å². The van der Waals surface area contributed by atoms with Crippen molar-refractivity contribution in [1.82, 2.24) is 24.9 Å². The van der Waals surface area contributed by atoms with Crippen LogP contribution in [0.1, 0.15) is 5.69 Å². The Morgan fingerprint density at radius 3 is 1.76 bits per heavy atom. The quantitative estimate of drug-likeness (QED) is 0.167. The molecule has 0 saturated heterocycles. The first kappa shape index (κ1) is 30.2. The summed E-state index contributed by atoms with van der Waals surface area (Å²) in [5.41, 5.74) is 13.5. The Morgan fingerprint density at radius 2 is 1.00 bits per heavy atom. The monoisotopic (exact) mass is 653 g/mol. The Morgan fingerprint density at radius 1 is 0.373 bits per heavy atom. The lowest BCUT2D eigenvalue weighted by molar-refractivity contribution is 1.16. The van der Waals surface area contributed by atoms with Gasteiger partial charge in [-0.05, 0) is 71.6 Å². The van der Waals surface area contributed by atoms with Gasteiger partial charge < -0.3 is 0 Å². The molecule has 0 N–H and O–H groups in total. The van der Waals surface area contributed by atoms with Gasteiger partial charge in [-0.15, -0.1) is 0 Å². The topological polar surface area (TPSA) is 64.5 Å². The van der Waals surface area contributed by atoms with Crippen LogP contribution >= 0.6 is 0 Å². The maximum Gasteiger partial charge on any atom is 0.160 e. The number of nitrogens with zero attached hydrogens (tertiary/aromatic N) is 5. The second-order valence-corrected chi connectivity index (χ2v) is 12.6. The van der Waals surface area contributed by atoms with Gasteiger partial charge in [0.2, 0.25) is 0 Å². The summed E-state index contributed by atoms with van der Waals surface area (Å²) in [5.74, 6) is 0.647. The fraction of sp³-hybridized carbons (Fsp3) is 0.0217. The molecule has 0 spiro atoms. The van der Waals surface area contributed by atoms with Crippen molar-refractivity contribution < 1.29 is 0 Å². The molecule has 4 heterocycles. The third-order valence-electron chi connectivity index (χ3n) is 9.20. The van der Waals surface area contributed by atoms with Crippen LogP contribution in [0.3, 0.4) is 0 Å². The van der Waals surface area contributed by atoms with Gasteiger partial charge in [-0.3, -0.25) is 9.97 Å². The maximum atomic E-state index is 5.29. The van der Waals surface area contributed by atoms with E-state index in [9.17, 15) is 0 Å². The van der Waals surface area contributed by atoms with Crippen LogP contribution in [-0.4, -0.2) is 24.9 Å². The van der Waals surface area contributed by atoms with E-state index in [-0.39, 0.29) is 0 Å². The molecule has 0 amide bonds. The molecule has 0 aliphatic heterocycles. The molecule has 0 bridgehead atoms. The normalized spacial score (nSPS) is 11.2. The van der Waals surface area contributed by atoms with Gasteiger partial charge in [0.15, 0.2) is 5.82 Å². The zero-order valence-electron chi connectivity index (χ0n) is 27.9. The Balaban J connectivity index is 1.17. The number of rotatable bonds is 6. The van der Waals surface area contributed by atoms with E-state index >= 15 is 0 Å². The minimum atomic E-state index is 0.647. The average Bonchev–Trinajstić information content (AvgIpc) is 3.21. The molecule has 0 fully saturated rings. The first-order valence-electron chi connectivity index (χ1n) is 17.0. The third kappa shape index (κ3) is 5.91. The minimum absolute atomic E-state index is 0.647. The highest BCUT2D eigenvalue weighted by atomic mass is 14.9. The molecule has 5 heteroatoms. The molecule has 5 aromatic carbocycles. The molecule has 4 aromatic heterocycles. The van der Waals surface area contributed by atoms with E-state index in [1.807, 2.05) is 55.5 Å². The van der Waals surface area contributed by atoms with Crippen LogP contribution in [0, 0.1) is 6.92 Å². The molecular formula is C46H31N5. The van der Waals surface area contributed by atoms with Crippen molar-refractivity contribution in [3.05, 3.63) is 176 Å². The van der Waals surface area contributed by atoms with E-state index in [1.165, 1.54) is 0 Å². The number of hydrogen-bond acceptors (Lipinski definition) is 5. The van der Waals surface area contributed by atoms with Gasteiger partial charge in [0, 0.05) is 39.4 Å². The SMILES string of the molecule is Cc1ccc2ccc3c(-c4ccccc4)cc(-c4cccc(-c5cccc(-c6nc(-c7ccccc7)cc(-c7ccccn7)n6)c5)c4)nc3c2n1. The highest BCUT2D eigenvalue weighted by molar-refractivity contribution is 6.09. The molecule has 51 heavy (non-hydrogen) atoms. The zero-order valence-corrected chi connectivity index (χ0v) is 27.9. The van der Waals surface area contributed by atoms with Crippen LogP contribution in [0.4, 0.5) is 0 Å². The number of benzene rings is 5. The molecule has 0 aliphatic rings. The van der Waals surface area contributed by atoms with Gasteiger partial charge in [0.1, 0.15) is 0 Å². The molecule has 5 nitrogen and oxygen atoms in total. The molecular weight excluding hydrogens is 623 g/mol. The first-order valence-corrected chi connectivity index (χ1v) is 17.0. The number of aromatic nitrogens is 5. The molecule has 9 aromatic rings. The van der Waals surface area contributed by atoms with E-state index < -0.39 is 0 Å². The minimum Gasteiger partial charge on any atom is -0.255 e. The zero-order chi connectivity index (χ0) is 34.1. The van der Waals surface area contributed by atoms with Crippen LogP contribution in [-0.2, 0) is 0 Å². The van der Waals surface area contributed by atoms with Crippen molar-refractivity contribution >= 4 is 21.8 Å². The molecule has 240 valence electrons. The third-order valence-corrected chi connectivity index (χ3v) is 9.20. The van der Waals surface area contributed by atoms with Crippen LogP contribution < -0.4 is 0 Å². The molecule has 0 aliphatic carbocycles.